The van der Waals surface area contributed by atoms with Gasteiger partial charge in [0.15, 0.2) is 0 Å². The fourth-order valence-corrected chi connectivity index (χ4v) is 3.81. The predicted molar refractivity (Wildman–Crippen MR) is 99.5 cm³/mol. The van der Waals surface area contributed by atoms with Crippen molar-refractivity contribution >= 4 is 0 Å². The summed E-state index contributed by atoms with van der Waals surface area (Å²) in [7, 11) is 0. The van der Waals surface area contributed by atoms with Gasteiger partial charge in [-0.1, -0.05) is 81.5 Å². The van der Waals surface area contributed by atoms with Gasteiger partial charge in [-0.2, -0.15) is 0 Å². The Bertz CT molecular complexity index is 431. The van der Waals surface area contributed by atoms with E-state index in [2.05, 4.69) is 49.4 Å². The van der Waals surface area contributed by atoms with Gasteiger partial charge in [-0.15, -0.1) is 0 Å². The molecule has 1 heteroatoms. The van der Waals surface area contributed by atoms with Crippen molar-refractivity contribution in [1.29, 1.82) is 0 Å². The van der Waals surface area contributed by atoms with Gasteiger partial charge in [-0.05, 0) is 43.6 Å². The molecule has 0 aliphatic heterocycles. The molecule has 1 saturated carbocycles. The highest BCUT2D eigenvalue weighted by Crippen LogP contribution is 2.31. The van der Waals surface area contributed by atoms with E-state index >= 15 is 0 Å². The van der Waals surface area contributed by atoms with E-state index in [1.165, 1.54) is 50.5 Å². The Morgan fingerprint density at radius 1 is 1.13 bits per heavy atom. The quantitative estimate of drug-likeness (QED) is 0.561. The van der Waals surface area contributed by atoms with E-state index < -0.39 is 0 Å². The highest BCUT2D eigenvalue weighted by atomic mass is 16.3. The van der Waals surface area contributed by atoms with Crippen LogP contribution in [0.25, 0.3) is 0 Å². The van der Waals surface area contributed by atoms with Crippen molar-refractivity contribution in [2.45, 2.75) is 77.2 Å². The maximum atomic E-state index is 10.8. The number of hydrogen-bond donors (Lipinski definition) is 1. The van der Waals surface area contributed by atoms with E-state index in [1.54, 1.807) is 0 Å². The van der Waals surface area contributed by atoms with Crippen molar-refractivity contribution in [3.8, 4) is 0 Å². The standard InChI is InChI=1S/C22H34O/c1-2-3-15-20(22(23)21-16-8-5-9-17-21)18-11-10-14-19-12-6-4-7-13-19/h4,6-7,11-13,18,20-23H,2-3,5,8-10,14-17H2,1H3/b18-11+/t20-,22-/m0/s1. The Hall–Kier alpha value is -1.08. The minimum Gasteiger partial charge on any atom is -0.392 e. The van der Waals surface area contributed by atoms with E-state index in [-0.39, 0.29) is 6.10 Å². The molecule has 2 rings (SSSR count). The molecule has 0 amide bonds. The number of allylic oxidation sites excluding steroid dienone is 1. The first-order valence-electron chi connectivity index (χ1n) is 9.70. The number of benzene rings is 1. The molecule has 1 aliphatic carbocycles. The molecule has 0 radical (unpaired) electrons. The number of aliphatic hydroxyl groups excluding tert-OH is 1. The van der Waals surface area contributed by atoms with Gasteiger partial charge >= 0.3 is 0 Å². The summed E-state index contributed by atoms with van der Waals surface area (Å²) in [5.41, 5.74) is 1.40. The maximum absolute atomic E-state index is 10.8. The molecular weight excluding hydrogens is 280 g/mol. The summed E-state index contributed by atoms with van der Waals surface area (Å²) >= 11 is 0. The SMILES string of the molecule is CCCC[C@@H](/C=C/CCc1ccccc1)[C@H](O)C1CCCCC1. The molecule has 0 heterocycles. The summed E-state index contributed by atoms with van der Waals surface area (Å²) in [6.45, 7) is 2.24. The van der Waals surface area contributed by atoms with Crippen LogP contribution in [-0.4, -0.2) is 11.2 Å². The maximum Gasteiger partial charge on any atom is 0.0630 e. The Balaban J connectivity index is 1.84. The average Bonchev–Trinajstić information content (AvgIpc) is 2.62. The van der Waals surface area contributed by atoms with Gasteiger partial charge < -0.3 is 5.11 Å². The molecule has 1 aromatic rings. The molecule has 0 saturated heterocycles. The molecule has 1 aliphatic rings. The summed E-state index contributed by atoms with van der Waals surface area (Å²) < 4.78 is 0. The number of aliphatic hydroxyl groups is 1. The molecule has 2 atom stereocenters. The van der Waals surface area contributed by atoms with Crippen LogP contribution in [-0.2, 0) is 6.42 Å². The monoisotopic (exact) mass is 314 g/mol. The summed E-state index contributed by atoms with van der Waals surface area (Å²) in [4.78, 5) is 0. The molecule has 23 heavy (non-hydrogen) atoms. The van der Waals surface area contributed by atoms with Crippen LogP contribution in [0.3, 0.4) is 0 Å². The number of hydrogen-bond acceptors (Lipinski definition) is 1. The van der Waals surface area contributed by atoms with Gasteiger partial charge in [-0.3, -0.25) is 0 Å². The van der Waals surface area contributed by atoms with Crippen LogP contribution in [0.15, 0.2) is 42.5 Å². The van der Waals surface area contributed by atoms with E-state index in [0.717, 1.165) is 19.3 Å². The average molecular weight is 315 g/mol. The first-order chi connectivity index (χ1) is 11.3. The third kappa shape index (κ3) is 6.51. The molecule has 1 N–H and O–H groups in total. The molecule has 0 spiro atoms. The summed E-state index contributed by atoms with van der Waals surface area (Å²) in [6.07, 6.45) is 16.6. The van der Waals surface area contributed by atoms with Crippen LogP contribution < -0.4 is 0 Å². The van der Waals surface area contributed by atoms with Gasteiger partial charge in [0.2, 0.25) is 0 Å². The molecule has 128 valence electrons. The van der Waals surface area contributed by atoms with Gasteiger partial charge in [0.1, 0.15) is 0 Å². The van der Waals surface area contributed by atoms with Crippen LogP contribution in [0.5, 0.6) is 0 Å². The van der Waals surface area contributed by atoms with Crippen molar-refractivity contribution in [3.05, 3.63) is 48.0 Å². The first kappa shape index (κ1) is 18.3. The van der Waals surface area contributed by atoms with Gasteiger partial charge in [0.25, 0.3) is 0 Å². The van der Waals surface area contributed by atoms with Gasteiger partial charge in [0.05, 0.1) is 6.10 Å². The molecule has 0 bridgehead atoms. The van der Waals surface area contributed by atoms with Crippen LogP contribution in [0.4, 0.5) is 0 Å². The molecular formula is C22H34O. The minimum atomic E-state index is -0.130. The van der Waals surface area contributed by atoms with Crippen LogP contribution in [0.2, 0.25) is 0 Å². The van der Waals surface area contributed by atoms with E-state index in [1.807, 2.05) is 0 Å². The molecule has 0 aromatic heterocycles. The smallest absolute Gasteiger partial charge is 0.0630 e. The number of unbranched alkanes of at least 4 members (excludes halogenated alkanes) is 1. The minimum absolute atomic E-state index is 0.130. The van der Waals surface area contributed by atoms with Crippen molar-refractivity contribution in [1.82, 2.24) is 0 Å². The van der Waals surface area contributed by atoms with E-state index in [9.17, 15) is 5.11 Å². The van der Waals surface area contributed by atoms with Crippen molar-refractivity contribution in [2.75, 3.05) is 0 Å². The Morgan fingerprint density at radius 2 is 1.87 bits per heavy atom. The summed E-state index contributed by atoms with van der Waals surface area (Å²) in [6, 6.07) is 10.7. The van der Waals surface area contributed by atoms with Crippen LogP contribution >= 0.6 is 0 Å². The zero-order valence-corrected chi connectivity index (χ0v) is 14.8. The lowest BCUT2D eigenvalue weighted by Gasteiger charge is -2.31. The second kappa shape index (κ2) is 10.6. The van der Waals surface area contributed by atoms with Gasteiger partial charge in [0, 0.05) is 5.92 Å². The fraction of sp³-hybridized carbons (Fsp3) is 0.636. The van der Waals surface area contributed by atoms with Crippen molar-refractivity contribution < 1.29 is 5.11 Å². The third-order valence-electron chi connectivity index (χ3n) is 5.29. The lowest BCUT2D eigenvalue weighted by Crippen LogP contribution is -2.29. The zero-order valence-electron chi connectivity index (χ0n) is 14.8. The fourth-order valence-electron chi connectivity index (χ4n) is 3.81. The number of rotatable bonds is 9. The molecule has 0 unspecified atom stereocenters. The predicted octanol–water partition coefficient (Wildman–Crippen LogP) is 5.92. The number of aryl methyl sites for hydroxylation is 1. The third-order valence-corrected chi connectivity index (χ3v) is 5.29. The summed E-state index contributed by atoms with van der Waals surface area (Å²) in [5, 5.41) is 10.8. The largest absolute Gasteiger partial charge is 0.392 e. The van der Waals surface area contributed by atoms with E-state index in [4.69, 9.17) is 0 Å². The highest BCUT2D eigenvalue weighted by molar-refractivity contribution is 5.15. The highest BCUT2D eigenvalue weighted by Gasteiger charge is 2.26. The molecule has 1 nitrogen and oxygen atoms in total. The topological polar surface area (TPSA) is 20.2 Å². The Labute approximate surface area is 142 Å². The Morgan fingerprint density at radius 3 is 2.57 bits per heavy atom. The molecule has 1 fully saturated rings. The second-order valence-corrected chi connectivity index (χ2v) is 7.15. The van der Waals surface area contributed by atoms with Crippen molar-refractivity contribution in [2.24, 2.45) is 11.8 Å². The molecule has 1 aromatic carbocycles. The van der Waals surface area contributed by atoms with Crippen molar-refractivity contribution in [3.63, 3.8) is 0 Å². The van der Waals surface area contributed by atoms with Crippen LogP contribution in [0, 0.1) is 11.8 Å². The normalized spacial score (nSPS) is 19.0. The lowest BCUT2D eigenvalue weighted by atomic mass is 9.79. The van der Waals surface area contributed by atoms with E-state index in [0.29, 0.717) is 11.8 Å². The Kier molecular flexibility index (Phi) is 8.46. The summed E-state index contributed by atoms with van der Waals surface area (Å²) in [5.74, 6) is 0.887. The first-order valence-corrected chi connectivity index (χ1v) is 9.70. The second-order valence-electron chi connectivity index (χ2n) is 7.15. The van der Waals surface area contributed by atoms with Gasteiger partial charge in [-0.25, -0.2) is 0 Å². The lowest BCUT2D eigenvalue weighted by molar-refractivity contribution is 0.0462. The van der Waals surface area contributed by atoms with Crippen LogP contribution in [0.1, 0.15) is 70.3 Å². The zero-order chi connectivity index (χ0) is 16.3.